The standard InChI is InChI=1S/C14H11FN2O4/c1-2-21-14(19)9-6-16-12(7-18)13(9)8-3-4-11(17-20)10(15)5-8/h3-7,16H,2H2,1H3. The molecule has 0 bridgehead atoms. The molecule has 7 heteroatoms. The van der Waals surface area contributed by atoms with Gasteiger partial charge in [-0.1, -0.05) is 6.07 Å². The van der Waals surface area contributed by atoms with Crippen molar-refractivity contribution < 1.29 is 18.7 Å². The zero-order valence-electron chi connectivity index (χ0n) is 11.1. The van der Waals surface area contributed by atoms with Crippen molar-refractivity contribution in [3.63, 3.8) is 0 Å². The lowest BCUT2D eigenvalue weighted by Crippen LogP contribution is -2.05. The molecule has 21 heavy (non-hydrogen) atoms. The highest BCUT2D eigenvalue weighted by molar-refractivity contribution is 6.02. The zero-order valence-corrected chi connectivity index (χ0v) is 11.1. The number of ether oxygens (including phenoxy) is 1. The summed E-state index contributed by atoms with van der Waals surface area (Å²) in [7, 11) is 0. The number of esters is 1. The van der Waals surface area contributed by atoms with Crippen molar-refractivity contribution in [3.8, 4) is 11.1 Å². The first-order valence-electron chi connectivity index (χ1n) is 6.09. The summed E-state index contributed by atoms with van der Waals surface area (Å²) in [5.41, 5.74) is 0.375. The van der Waals surface area contributed by atoms with Gasteiger partial charge in [-0.2, -0.15) is 0 Å². The molecule has 0 radical (unpaired) electrons. The maximum Gasteiger partial charge on any atom is 0.340 e. The molecule has 1 N–H and O–H groups in total. The zero-order chi connectivity index (χ0) is 15.4. The smallest absolute Gasteiger partial charge is 0.340 e. The quantitative estimate of drug-likeness (QED) is 0.520. The highest BCUT2D eigenvalue weighted by Crippen LogP contribution is 2.31. The number of hydrogen-bond donors (Lipinski definition) is 1. The lowest BCUT2D eigenvalue weighted by molar-refractivity contribution is 0.0527. The Hall–Kier alpha value is -2.83. The van der Waals surface area contributed by atoms with Crippen molar-refractivity contribution in [2.24, 2.45) is 5.18 Å². The Morgan fingerprint density at radius 1 is 1.48 bits per heavy atom. The molecule has 6 nitrogen and oxygen atoms in total. The second-order valence-corrected chi connectivity index (χ2v) is 4.09. The second kappa shape index (κ2) is 6.08. The minimum absolute atomic E-state index is 0.115. The van der Waals surface area contributed by atoms with Gasteiger partial charge in [0, 0.05) is 11.8 Å². The summed E-state index contributed by atoms with van der Waals surface area (Å²) >= 11 is 0. The summed E-state index contributed by atoms with van der Waals surface area (Å²) in [4.78, 5) is 35.9. The third-order valence-corrected chi connectivity index (χ3v) is 2.86. The molecule has 0 spiro atoms. The van der Waals surface area contributed by atoms with E-state index in [1.54, 1.807) is 6.92 Å². The number of nitroso groups, excluding NO2 is 1. The first-order valence-corrected chi connectivity index (χ1v) is 6.09. The first-order chi connectivity index (χ1) is 10.1. The fraction of sp³-hybridized carbons (Fsp3) is 0.143. The van der Waals surface area contributed by atoms with E-state index in [0.717, 1.165) is 6.07 Å². The lowest BCUT2D eigenvalue weighted by Gasteiger charge is -2.06. The van der Waals surface area contributed by atoms with Gasteiger partial charge in [0.1, 0.15) is 5.69 Å². The van der Waals surface area contributed by atoms with Crippen molar-refractivity contribution >= 4 is 17.9 Å². The Morgan fingerprint density at radius 2 is 2.24 bits per heavy atom. The number of nitrogens with zero attached hydrogens (tertiary/aromatic N) is 1. The fourth-order valence-corrected chi connectivity index (χ4v) is 1.95. The van der Waals surface area contributed by atoms with E-state index in [4.69, 9.17) is 4.74 Å². The van der Waals surface area contributed by atoms with Crippen molar-refractivity contribution in [1.82, 2.24) is 4.98 Å². The van der Waals surface area contributed by atoms with Gasteiger partial charge in [-0.15, -0.1) is 4.91 Å². The number of aromatic amines is 1. The molecule has 0 atom stereocenters. The summed E-state index contributed by atoms with van der Waals surface area (Å²) in [6, 6.07) is 3.61. The molecule has 0 aliphatic heterocycles. The molecule has 0 aliphatic rings. The summed E-state index contributed by atoms with van der Waals surface area (Å²) in [6.45, 7) is 1.82. The van der Waals surface area contributed by atoms with Gasteiger partial charge in [-0.25, -0.2) is 9.18 Å². The van der Waals surface area contributed by atoms with Crippen LogP contribution in [0.3, 0.4) is 0 Å². The van der Waals surface area contributed by atoms with Gasteiger partial charge in [0.25, 0.3) is 0 Å². The first kappa shape index (κ1) is 14.6. The van der Waals surface area contributed by atoms with E-state index in [-0.39, 0.29) is 34.7 Å². The SMILES string of the molecule is CCOC(=O)c1c[nH]c(C=O)c1-c1ccc(N=O)c(F)c1. The van der Waals surface area contributed by atoms with Gasteiger partial charge in [-0.3, -0.25) is 4.79 Å². The van der Waals surface area contributed by atoms with E-state index in [2.05, 4.69) is 10.2 Å². The van der Waals surface area contributed by atoms with Crippen LogP contribution in [0.25, 0.3) is 11.1 Å². The molecule has 0 fully saturated rings. The number of carbonyl (C=O) groups excluding carboxylic acids is 2. The number of carbonyl (C=O) groups is 2. The van der Waals surface area contributed by atoms with Crippen LogP contribution in [-0.2, 0) is 4.74 Å². The number of halogens is 1. The van der Waals surface area contributed by atoms with E-state index in [1.165, 1.54) is 18.3 Å². The van der Waals surface area contributed by atoms with Crippen LogP contribution in [0, 0.1) is 10.7 Å². The third kappa shape index (κ3) is 2.71. The number of benzene rings is 1. The van der Waals surface area contributed by atoms with E-state index >= 15 is 0 Å². The molecule has 2 rings (SSSR count). The van der Waals surface area contributed by atoms with Crippen LogP contribution >= 0.6 is 0 Å². The van der Waals surface area contributed by atoms with Crippen molar-refractivity contribution in [2.75, 3.05) is 6.61 Å². The molecule has 1 aromatic heterocycles. The number of H-pyrrole nitrogens is 1. The average molecular weight is 290 g/mol. The maximum atomic E-state index is 13.7. The van der Waals surface area contributed by atoms with Crippen LogP contribution in [-0.4, -0.2) is 23.8 Å². The number of rotatable bonds is 5. The predicted octanol–water partition coefficient (Wildman–Crippen LogP) is 3.21. The van der Waals surface area contributed by atoms with E-state index in [0.29, 0.717) is 6.29 Å². The Labute approximate surface area is 118 Å². The number of aromatic nitrogens is 1. The molecule has 0 saturated heterocycles. The van der Waals surface area contributed by atoms with Gasteiger partial charge in [0.05, 0.1) is 17.9 Å². The van der Waals surface area contributed by atoms with Crippen LogP contribution in [0.15, 0.2) is 29.6 Å². The van der Waals surface area contributed by atoms with E-state index < -0.39 is 11.8 Å². The minimum Gasteiger partial charge on any atom is -0.462 e. The summed E-state index contributed by atoms with van der Waals surface area (Å²) in [6.07, 6.45) is 1.84. The summed E-state index contributed by atoms with van der Waals surface area (Å²) in [5, 5.41) is 2.53. The molecule has 0 saturated carbocycles. The number of nitrogens with one attached hydrogen (secondary N) is 1. The number of hydrogen-bond acceptors (Lipinski definition) is 5. The Morgan fingerprint density at radius 3 is 2.81 bits per heavy atom. The van der Waals surface area contributed by atoms with Crippen molar-refractivity contribution in [2.45, 2.75) is 6.92 Å². The molecule has 0 amide bonds. The molecule has 1 aromatic carbocycles. The highest BCUT2D eigenvalue weighted by atomic mass is 19.1. The van der Waals surface area contributed by atoms with Crippen molar-refractivity contribution in [3.05, 3.63) is 46.4 Å². The van der Waals surface area contributed by atoms with Gasteiger partial charge >= 0.3 is 5.97 Å². The molecular formula is C14H11FN2O4. The van der Waals surface area contributed by atoms with Crippen LogP contribution in [0.4, 0.5) is 10.1 Å². The van der Waals surface area contributed by atoms with Gasteiger partial charge < -0.3 is 9.72 Å². The Kier molecular flexibility index (Phi) is 4.22. The normalized spacial score (nSPS) is 10.2. The molecule has 0 unspecified atom stereocenters. The Balaban J connectivity index is 2.58. The minimum atomic E-state index is -0.838. The average Bonchev–Trinajstić information content (AvgIpc) is 2.91. The lowest BCUT2D eigenvalue weighted by atomic mass is 10.0. The monoisotopic (exact) mass is 290 g/mol. The molecule has 1 heterocycles. The van der Waals surface area contributed by atoms with E-state index in [1.807, 2.05) is 0 Å². The number of aldehydes is 1. The Bertz CT molecular complexity index is 709. The topological polar surface area (TPSA) is 88.6 Å². The van der Waals surface area contributed by atoms with Gasteiger partial charge in [0.2, 0.25) is 0 Å². The second-order valence-electron chi connectivity index (χ2n) is 4.09. The van der Waals surface area contributed by atoms with Crippen molar-refractivity contribution in [1.29, 1.82) is 0 Å². The summed E-state index contributed by atoms with van der Waals surface area (Å²) in [5.74, 6) is -1.47. The molecule has 108 valence electrons. The largest absolute Gasteiger partial charge is 0.462 e. The van der Waals surface area contributed by atoms with E-state index in [9.17, 15) is 18.9 Å². The predicted molar refractivity (Wildman–Crippen MR) is 73.0 cm³/mol. The van der Waals surface area contributed by atoms with Crippen LogP contribution < -0.4 is 0 Å². The molecule has 0 aliphatic carbocycles. The van der Waals surface area contributed by atoms with Gasteiger partial charge in [0.15, 0.2) is 12.1 Å². The highest BCUT2D eigenvalue weighted by Gasteiger charge is 2.20. The van der Waals surface area contributed by atoms with Crippen LogP contribution in [0.1, 0.15) is 27.8 Å². The van der Waals surface area contributed by atoms with Gasteiger partial charge in [-0.05, 0) is 29.8 Å². The summed E-state index contributed by atoms with van der Waals surface area (Å²) < 4.78 is 18.5. The molecule has 2 aromatic rings. The maximum absolute atomic E-state index is 13.7. The molecular weight excluding hydrogens is 279 g/mol. The third-order valence-electron chi connectivity index (χ3n) is 2.86. The van der Waals surface area contributed by atoms with Crippen LogP contribution in [0.5, 0.6) is 0 Å². The van der Waals surface area contributed by atoms with Crippen LogP contribution in [0.2, 0.25) is 0 Å². The fourth-order valence-electron chi connectivity index (χ4n) is 1.95.